The van der Waals surface area contributed by atoms with Crippen molar-refractivity contribution < 1.29 is 8.94 Å². The van der Waals surface area contributed by atoms with Crippen molar-refractivity contribution in [3.63, 3.8) is 0 Å². The van der Waals surface area contributed by atoms with Crippen molar-refractivity contribution in [3.8, 4) is 11.5 Å². The number of aromatic nitrogens is 2. The lowest BCUT2D eigenvalue weighted by Gasteiger charge is -1.90. The van der Waals surface area contributed by atoms with E-state index in [0.717, 1.165) is 24.3 Å². The van der Waals surface area contributed by atoms with Crippen LogP contribution in [0.15, 0.2) is 21.3 Å². The summed E-state index contributed by atoms with van der Waals surface area (Å²) >= 11 is 0. The predicted octanol–water partition coefficient (Wildman–Crippen LogP) is 1.40. The van der Waals surface area contributed by atoms with E-state index in [2.05, 4.69) is 15.5 Å². The Labute approximate surface area is 87.5 Å². The van der Waals surface area contributed by atoms with E-state index in [1.807, 2.05) is 20.0 Å². The van der Waals surface area contributed by atoms with E-state index in [1.54, 1.807) is 6.26 Å². The van der Waals surface area contributed by atoms with Gasteiger partial charge in [0.25, 0.3) is 5.89 Å². The van der Waals surface area contributed by atoms with Crippen molar-refractivity contribution in [1.82, 2.24) is 15.5 Å². The van der Waals surface area contributed by atoms with Crippen LogP contribution in [0.5, 0.6) is 0 Å². The molecule has 2 aromatic heterocycles. The van der Waals surface area contributed by atoms with Gasteiger partial charge in [0.1, 0.15) is 12.0 Å². The van der Waals surface area contributed by atoms with Crippen LogP contribution in [0, 0.1) is 6.92 Å². The van der Waals surface area contributed by atoms with Crippen LogP contribution in [0.25, 0.3) is 11.5 Å². The van der Waals surface area contributed by atoms with Crippen molar-refractivity contribution in [1.29, 1.82) is 0 Å². The topological polar surface area (TPSA) is 64.1 Å². The van der Waals surface area contributed by atoms with Crippen LogP contribution in [0.4, 0.5) is 0 Å². The molecule has 0 saturated carbocycles. The molecule has 1 N–H and O–H groups in total. The molecule has 0 spiro atoms. The minimum absolute atomic E-state index is 0.512. The molecule has 80 valence electrons. The van der Waals surface area contributed by atoms with E-state index in [1.165, 1.54) is 0 Å². The second-order valence-corrected chi connectivity index (χ2v) is 3.32. The lowest BCUT2D eigenvalue weighted by atomic mass is 10.3. The molecule has 15 heavy (non-hydrogen) atoms. The Morgan fingerprint density at radius 3 is 3.00 bits per heavy atom. The molecule has 5 heteroatoms. The summed E-state index contributed by atoms with van der Waals surface area (Å²) in [7, 11) is 1.89. The number of rotatable bonds is 4. The number of nitrogens with one attached hydrogen (secondary N) is 1. The van der Waals surface area contributed by atoms with Crippen molar-refractivity contribution >= 4 is 0 Å². The molecule has 0 aliphatic rings. The van der Waals surface area contributed by atoms with E-state index in [0.29, 0.717) is 11.7 Å². The van der Waals surface area contributed by atoms with Gasteiger partial charge in [-0.25, -0.2) is 0 Å². The number of likely N-dealkylation sites (N-methyl/N-ethyl adjacent to an activating group) is 1. The Balaban J connectivity index is 2.13. The first-order valence-corrected chi connectivity index (χ1v) is 4.82. The van der Waals surface area contributed by atoms with Crippen LogP contribution in [0.2, 0.25) is 0 Å². The van der Waals surface area contributed by atoms with Gasteiger partial charge in [-0.3, -0.25) is 0 Å². The first-order chi connectivity index (χ1) is 7.29. The third kappa shape index (κ3) is 2.24. The molecule has 0 radical (unpaired) electrons. The summed E-state index contributed by atoms with van der Waals surface area (Å²) in [6, 6.07) is 1.87. The van der Waals surface area contributed by atoms with Crippen molar-refractivity contribution in [2.24, 2.45) is 0 Å². The molecule has 5 nitrogen and oxygen atoms in total. The van der Waals surface area contributed by atoms with Crippen LogP contribution in [-0.2, 0) is 6.42 Å². The van der Waals surface area contributed by atoms with Crippen molar-refractivity contribution in [2.75, 3.05) is 13.6 Å². The number of hydrogen-bond acceptors (Lipinski definition) is 5. The van der Waals surface area contributed by atoms with Gasteiger partial charge >= 0.3 is 0 Å². The molecule has 0 aliphatic heterocycles. The number of nitrogens with zero attached hydrogens (tertiary/aromatic N) is 2. The summed E-state index contributed by atoms with van der Waals surface area (Å²) in [6.07, 6.45) is 2.38. The number of furan rings is 1. The molecule has 0 amide bonds. The Hall–Kier alpha value is -1.62. The third-order valence-electron chi connectivity index (χ3n) is 2.04. The van der Waals surface area contributed by atoms with Gasteiger partial charge < -0.3 is 14.3 Å². The summed E-state index contributed by atoms with van der Waals surface area (Å²) in [5, 5.41) is 6.90. The Kier molecular flexibility index (Phi) is 2.82. The van der Waals surface area contributed by atoms with Gasteiger partial charge in [-0.1, -0.05) is 5.16 Å². The maximum absolute atomic E-state index is 5.17. The quantitative estimate of drug-likeness (QED) is 0.821. The zero-order valence-electron chi connectivity index (χ0n) is 8.78. The van der Waals surface area contributed by atoms with Crippen LogP contribution in [0.3, 0.4) is 0 Å². The highest BCUT2D eigenvalue weighted by Gasteiger charge is 2.10. The first-order valence-electron chi connectivity index (χ1n) is 4.82. The van der Waals surface area contributed by atoms with E-state index in [-0.39, 0.29) is 0 Å². The highest BCUT2D eigenvalue weighted by molar-refractivity contribution is 5.51. The van der Waals surface area contributed by atoms with Gasteiger partial charge in [-0.05, 0) is 20.0 Å². The molecule has 0 unspecified atom stereocenters. The zero-order valence-corrected chi connectivity index (χ0v) is 8.78. The molecular weight excluding hydrogens is 194 g/mol. The lowest BCUT2D eigenvalue weighted by Crippen LogP contribution is -2.10. The monoisotopic (exact) mass is 207 g/mol. The number of hydrogen-bond donors (Lipinski definition) is 1. The Bertz CT molecular complexity index is 433. The molecule has 2 heterocycles. The summed E-state index contributed by atoms with van der Waals surface area (Å²) in [4.78, 5) is 4.25. The van der Waals surface area contributed by atoms with Crippen LogP contribution >= 0.6 is 0 Å². The predicted molar refractivity (Wildman–Crippen MR) is 54.4 cm³/mol. The van der Waals surface area contributed by atoms with Crippen molar-refractivity contribution in [2.45, 2.75) is 13.3 Å². The summed E-state index contributed by atoms with van der Waals surface area (Å²) in [6.45, 7) is 2.71. The zero-order chi connectivity index (χ0) is 10.7. The minimum Gasteiger partial charge on any atom is -0.469 e. The maximum atomic E-state index is 5.17. The lowest BCUT2D eigenvalue weighted by molar-refractivity contribution is 0.421. The molecule has 0 atom stereocenters. The number of aryl methyl sites for hydroxylation is 1. The molecular formula is C10H13N3O2. The van der Waals surface area contributed by atoms with Crippen LogP contribution in [0.1, 0.15) is 11.6 Å². The van der Waals surface area contributed by atoms with Crippen LogP contribution < -0.4 is 5.32 Å². The Morgan fingerprint density at radius 1 is 1.47 bits per heavy atom. The molecule has 0 aliphatic carbocycles. The van der Waals surface area contributed by atoms with Gasteiger partial charge in [0.05, 0.1) is 5.56 Å². The smallest absolute Gasteiger partial charge is 0.261 e. The Morgan fingerprint density at radius 2 is 2.33 bits per heavy atom. The van der Waals surface area contributed by atoms with E-state index < -0.39 is 0 Å². The molecule has 0 aromatic carbocycles. The molecule has 2 rings (SSSR count). The summed E-state index contributed by atoms with van der Waals surface area (Å²) in [5.41, 5.74) is 0.829. The maximum Gasteiger partial charge on any atom is 0.261 e. The fourth-order valence-electron chi connectivity index (χ4n) is 1.27. The van der Waals surface area contributed by atoms with E-state index in [9.17, 15) is 0 Å². The van der Waals surface area contributed by atoms with E-state index in [4.69, 9.17) is 8.94 Å². The van der Waals surface area contributed by atoms with Crippen molar-refractivity contribution in [3.05, 3.63) is 23.9 Å². The highest BCUT2D eigenvalue weighted by atomic mass is 16.5. The highest BCUT2D eigenvalue weighted by Crippen LogP contribution is 2.19. The molecule has 2 aromatic rings. The van der Waals surface area contributed by atoms with Gasteiger partial charge in [0.2, 0.25) is 0 Å². The third-order valence-corrected chi connectivity index (χ3v) is 2.04. The molecule has 0 bridgehead atoms. The van der Waals surface area contributed by atoms with Gasteiger partial charge in [-0.15, -0.1) is 0 Å². The fourth-order valence-corrected chi connectivity index (χ4v) is 1.27. The van der Waals surface area contributed by atoms with Gasteiger partial charge in [-0.2, -0.15) is 4.98 Å². The van der Waals surface area contributed by atoms with Crippen LogP contribution in [-0.4, -0.2) is 23.7 Å². The standard InChI is InChI=1S/C10H13N3O2/c1-7-5-8(6-14-7)10-12-9(13-15-10)3-4-11-2/h5-6,11H,3-4H2,1-2H3. The van der Waals surface area contributed by atoms with Gasteiger partial charge in [0.15, 0.2) is 5.82 Å². The largest absolute Gasteiger partial charge is 0.469 e. The summed E-state index contributed by atoms with van der Waals surface area (Å²) in [5.74, 6) is 2.05. The molecule has 0 saturated heterocycles. The normalized spacial score (nSPS) is 10.8. The summed E-state index contributed by atoms with van der Waals surface area (Å²) < 4.78 is 10.3. The fraction of sp³-hybridized carbons (Fsp3) is 0.400. The SMILES string of the molecule is CNCCc1noc(-c2coc(C)c2)n1. The van der Waals surface area contributed by atoms with E-state index >= 15 is 0 Å². The average molecular weight is 207 g/mol. The minimum atomic E-state index is 0.512. The first kappa shape index (κ1) is 9.92. The molecule has 0 fully saturated rings. The second kappa shape index (κ2) is 4.27. The average Bonchev–Trinajstić information content (AvgIpc) is 2.83. The van der Waals surface area contributed by atoms with Gasteiger partial charge in [0, 0.05) is 13.0 Å². The second-order valence-electron chi connectivity index (χ2n) is 3.32.